The molecule has 0 saturated carbocycles. The first-order valence-corrected chi connectivity index (χ1v) is 9.38. The first kappa shape index (κ1) is 15.4. The predicted octanol–water partition coefficient (Wildman–Crippen LogP) is 7.08. The molecule has 108 valence electrons. The number of anilines is 1. The van der Waals surface area contributed by atoms with Gasteiger partial charge in [-0.05, 0) is 57.7 Å². The third-order valence-corrected chi connectivity index (χ3v) is 6.06. The summed E-state index contributed by atoms with van der Waals surface area (Å²) in [7, 11) is 0. The lowest BCUT2D eigenvalue weighted by Gasteiger charge is -2.18. The number of benzene rings is 1. The molecular weight excluding hydrogens is 409 g/mol. The quantitative estimate of drug-likeness (QED) is 0.477. The number of hydrogen-bond acceptors (Lipinski definition) is 3. The van der Waals surface area contributed by atoms with Gasteiger partial charge in [-0.3, -0.25) is 0 Å². The van der Waals surface area contributed by atoms with E-state index in [1.54, 1.807) is 22.7 Å². The van der Waals surface area contributed by atoms with Crippen molar-refractivity contribution in [1.82, 2.24) is 0 Å². The average molecular weight is 419 g/mol. The third-order valence-electron chi connectivity index (χ3n) is 2.94. The highest BCUT2D eigenvalue weighted by atomic mass is 79.9. The van der Waals surface area contributed by atoms with Crippen LogP contribution in [-0.4, -0.2) is 0 Å². The molecule has 0 saturated heterocycles. The van der Waals surface area contributed by atoms with Crippen LogP contribution < -0.4 is 5.32 Å². The largest absolute Gasteiger partial charge is 0.372 e. The Morgan fingerprint density at radius 1 is 1.05 bits per heavy atom. The van der Waals surface area contributed by atoms with E-state index in [9.17, 15) is 0 Å². The fraction of sp³-hybridized carbons (Fsp3) is 0.0667. The van der Waals surface area contributed by atoms with E-state index in [1.165, 1.54) is 9.75 Å². The molecular formula is C15H10BrCl2NS2. The van der Waals surface area contributed by atoms with Crippen molar-refractivity contribution in [2.45, 2.75) is 6.04 Å². The molecule has 0 aliphatic rings. The van der Waals surface area contributed by atoms with Crippen molar-refractivity contribution in [2.75, 3.05) is 5.32 Å². The lowest BCUT2D eigenvalue weighted by atomic mass is 10.2. The van der Waals surface area contributed by atoms with Gasteiger partial charge >= 0.3 is 0 Å². The lowest BCUT2D eigenvalue weighted by Crippen LogP contribution is -2.09. The summed E-state index contributed by atoms with van der Waals surface area (Å²) in [4.78, 5) is 2.43. The molecule has 0 amide bonds. The van der Waals surface area contributed by atoms with Crippen LogP contribution in [0.2, 0.25) is 9.36 Å². The van der Waals surface area contributed by atoms with Crippen molar-refractivity contribution >= 4 is 67.5 Å². The highest BCUT2D eigenvalue weighted by Crippen LogP contribution is 2.37. The molecule has 1 unspecified atom stereocenters. The average Bonchev–Trinajstić information content (AvgIpc) is 3.09. The van der Waals surface area contributed by atoms with Gasteiger partial charge in [-0.25, -0.2) is 0 Å². The van der Waals surface area contributed by atoms with Gasteiger partial charge in [0.25, 0.3) is 0 Å². The monoisotopic (exact) mass is 417 g/mol. The Hall–Kier alpha value is -0.520. The molecule has 3 rings (SSSR count). The number of rotatable bonds is 4. The second-order valence-corrected chi connectivity index (χ2v) is 8.38. The van der Waals surface area contributed by atoms with E-state index in [2.05, 4.69) is 44.8 Å². The highest BCUT2D eigenvalue weighted by Gasteiger charge is 2.18. The molecule has 1 aromatic carbocycles. The summed E-state index contributed by atoms with van der Waals surface area (Å²) in [5.74, 6) is 0. The molecule has 0 radical (unpaired) electrons. The van der Waals surface area contributed by atoms with Crippen molar-refractivity contribution in [3.8, 4) is 0 Å². The minimum Gasteiger partial charge on any atom is -0.372 e. The van der Waals surface area contributed by atoms with Crippen LogP contribution in [-0.2, 0) is 0 Å². The van der Waals surface area contributed by atoms with E-state index >= 15 is 0 Å². The minimum atomic E-state index is 0.0833. The summed E-state index contributed by atoms with van der Waals surface area (Å²) in [5, 5.41) is 6.35. The van der Waals surface area contributed by atoms with Gasteiger partial charge in [-0.1, -0.05) is 29.3 Å². The molecule has 0 spiro atoms. The maximum Gasteiger partial charge on any atom is 0.0954 e. The molecule has 6 heteroatoms. The number of nitrogens with one attached hydrogen (secondary N) is 1. The SMILES string of the molecule is Clc1ccc(NC(c2cccs2)c2ccc(Cl)s2)c(Br)c1. The predicted molar refractivity (Wildman–Crippen MR) is 98.3 cm³/mol. The van der Waals surface area contributed by atoms with Gasteiger partial charge in [0.05, 0.1) is 10.4 Å². The van der Waals surface area contributed by atoms with E-state index in [1.807, 2.05) is 24.3 Å². The first-order valence-electron chi connectivity index (χ1n) is 6.14. The minimum absolute atomic E-state index is 0.0833. The molecule has 21 heavy (non-hydrogen) atoms. The number of halogens is 3. The smallest absolute Gasteiger partial charge is 0.0954 e. The standard InChI is InChI=1S/C15H10BrCl2NS2/c16-10-8-9(17)3-4-11(10)19-15(12-2-1-7-20-12)13-5-6-14(18)21-13/h1-8,15,19H. The second-order valence-electron chi connectivity index (χ2n) is 4.36. The Balaban J connectivity index is 1.96. The first-order chi connectivity index (χ1) is 10.1. The normalized spacial score (nSPS) is 12.3. The summed E-state index contributed by atoms with van der Waals surface area (Å²) < 4.78 is 1.74. The summed E-state index contributed by atoms with van der Waals surface area (Å²) in [6.07, 6.45) is 0. The van der Waals surface area contributed by atoms with E-state index in [4.69, 9.17) is 23.2 Å². The molecule has 3 aromatic rings. The molecule has 1 N–H and O–H groups in total. The van der Waals surface area contributed by atoms with Crippen LogP contribution in [0.4, 0.5) is 5.69 Å². The van der Waals surface area contributed by atoms with Crippen LogP contribution in [0.5, 0.6) is 0 Å². The summed E-state index contributed by atoms with van der Waals surface area (Å²) >= 11 is 19.0. The third kappa shape index (κ3) is 3.63. The van der Waals surface area contributed by atoms with Crippen LogP contribution in [0, 0.1) is 0 Å². The van der Waals surface area contributed by atoms with Crippen LogP contribution in [0.25, 0.3) is 0 Å². The molecule has 0 aliphatic carbocycles. The molecule has 0 bridgehead atoms. The van der Waals surface area contributed by atoms with Crippen LogP contribution in [0.15, 0.2) is 52.3 Å². The van der Waals surface area contributed by atoms with E-state index in [0.717, 1.165) is 14.5 Å². The summed E-state index contributed by atoms with van der Waals surface area (Å²) in [6, 6.07) is 14.0. The van der Waals surface area contributed by atoms with Crippen molar-refractivity contribution in [3.63, 3.8) is 0 Å². The van der Waals surface area contributed by atoms with Crippen molar-refractivity contribution in [2.24, 2.45) is 0 Å². The van der Waals surface area contributed by atoms with Gasteiger partial charge in [0, 0.05) is 24.9 Å². The van der Waals surface area contributed by atoms with Crippen molar-refractivity contribution in [1.29, 1.82) is 0 Å². The fourth-order valence-corrected chi connectivity index (χ4v) is 4.78. The Bertz CT molecular complexity index is 740. The fourth-order valence-electron chi connectivity index (χ4n) is 1.98. The van der Waals surface area contributed by atoms with E-state index < -0.39 is 0 Å². The van der Waals surface area contributed by atoms with Gasteiger partial charge in [0.2, 0.25) is 0 Å². The zero-order valence-corrected chi connectivity index (χ0v) is 15.4. The van der Waals surface area contributed by atoms with E-state index in [-0.39, 0.29) is 6.04 Å². The Kier molecular flexibility index (Phi) is 4.92. The van der Waals surface area contributed by atoms with Gasteiger partial charge in [-0.15, -0.1) is 22.7 Å². The van der Waals surface area contributed by atoms with Crippen molar-refractivity contribution in [3.05, 3.63) is 71.4 Å². The Labute approximate surface area is 149 Å². The zero-order chi connectivity index (χ0) is 14.8. The van der Waals surface area contributed by atoms with Gasteiger partial charge in [0.1, 0.15) is 0 Å². The summed E-state index contributed by atoms with van der Waals surface area (Å²) in [5.41, 5.74) is 1.00. The molecule has 1 nitrogen and oxygen atoms in total. The maximum atomic E-state index is 6.09. The topological polar surface area (TPSA) is 12.0 Å². The van der Waals surface area contributed by atoms with Crippen LogP contribution >= 0.6 is 61.8 Å². The lowest BCUT2D eigenvalue weighted by molar-refractivity contribution is 0.991. The zero-order valence-electron chi connectivity index (χ0n) is 10.6. The molecule has 0 fully saturated rings. The van der Waals surface area contributed by atoms with Gasteiger partial charge in [0.15, 0.2) is 0 Å². The Morgan fingerprint density at radius 3 is 2.52 bits per heavy atom. The maximum absolute atomic E-state index is 6.09. The highest BCUT2D eigenvalue weighted by molar-refractivity contribution is 9.10. The van der Waals surface area contributed by atoms with Crippen LogP contribution in [0.3, 0.4) is 0 Å². The summed E-state index contributed by atoms with van der Waals surface area (Å²) in [6.45, 7) is 0. The number of thiophene rings is 2. The second kappa shape index (κ2) is 6.71. The molecule has 1 atom stereocenters. The molecule has 2 aromatic heterocycles. The number of hydrogen-bond donors (Lipinski definition) is 1. The van der Waals surface area contributed by atoms with Gasteiger partial charge in [-0.2, -0.15) is 0 Å². The van der Waals surface area contributed by atoms with Gasteiger partial charge < -0.3 is 5.32 Å². The molecule has 0 aliphatic heterocycles. The van der Waals surface area contributed by atoms with E-state index in [0.29, 0.717) is 5.02 Å². The molecule has 2 heterocycles. The van der Waals surface area contributed by atoms with Crippen molar-refractivity contribution < 1.29 is 0 Å². The van der Waals surface area contributed by atoms with Crippen LogP contribution in [0.1, 0.15) is 15.8 Å². The Morgan fingerprint density at radius 2 is 1.90 bits per heavy atom.